The molecule has 7 heterocycles. The van der Waals surface area contributed by atoms with Crippen molar-refractivity contribution in [3.05, 3.63) is 225 Å². The molecule has 13 rings (SSSR count). The number of anilines is 3. The predicted octanol–water partition coefficient (Wildman–Crippen LogP) is 18.1. The lowest BCUT2D eigenvalue weighted by atomic mass is 9.99. The fourth-order valence-corrected chi connectivity index (χ4v) is 10.1. The SMILES string of the molecule is CCCCCNc1ncnc2oc(-c3ccccc3)c(-c3ccccc3)c12.CCCCNc1ncnc2oc(-c3ccccc3)c(-c3ccccc3)c12.c1ccc(-c2oc3ncnc(NCCCc4ccco4)c3c2-c2ccccc2)cc1. The highest BCUT2D eigenvalue weighted by molar-refractivity contribution is 6.08. The molecule has 0 aliphatic rings. The average Bonchev–Trinajstić information content (AvgIpc) is 3.20. The fraction of sp³-hybridized carbons (Fsp3) is 0.171. The minimum absolute atomic E-state index is 0.580. The van der Waals surface area contributed by atoms with Gasteiger partial charge in [0, 0.05) is 59.4 Å². The van der Waals surface area contributed by atoms with Crippen LogP contribution >= 0.6 is 0 Å². The zero-order valence-electron chi connectivity index (χ0n) is 46.7. The van der Waals surface area contributed by atoms with Crippen LogP contribution in [0.1, 0.15) is 58.1 Å². The summed E-state index contributed by atoms with van der Waals surface area (Å²) < 4.78 is 24.1. The summed E-state index contributed by atoms with van der Waals surface area (Å²) in [5, 5.41) is 13.2. The topological polar surface area (TPSA) is 166 Å². The molecular weight excluding hydrogens is 1030 g/mol. The van der Waals surface area contributed by atoms with Gasteiger partial charge in [0.2, 0.25) is 17.1 Å². The average molecular weight is 1100 g/mol. The van der Waals surface area contributed by atoms with Crippen LogP contribution in [0, 0.1) is 0 Å². The Morgan fingerprint density at radius 3 is 0.976 bits per heavy atom. The summed E-state index contributed by atoms with van der Waals surface area (Å²) in [7, 11) is 0. The first-order chi connectivity index (χ1) is 41.2. The van der Waals surface area contributed by atoms with E-state index in [4.69, 9.17) is 17.7 Å². The standard InChI is InChI=1S/C25H21N3O2.C23H23N3O.C22H21N3O/c1-3-9-18(10-4-1)21-22-24(26-15-7-13-20-14-8-16-29-20)27-17-28-25(22)30-23(21)19-11-5-2-6-12-19;1-2-3-10-15-24-22-20-19(17-11-6-4-7-12-17)21(18-13-8-5-9-14-18)27-23(20)26-16-25-22;1-2-3-14-23-21-19-18(16-10-6-4-7-11-16)20(17-12-8-5-9-13-17)26-22(19)25-15-24-21/h1-6,8-12,14,16-17H,7,13,15H2,(H,26,27,28);4-9,11-14,16H,2-3,10,15H2,1H3,(H,24,25,26);4-13,15H,2-3,14H2,1H3,(H,23,24,25). The van der Waals surface area contributed by atoms with E-state index in [-0.39, 0.29) is 0 Å². The molecule has 0 fully saturated rings. The Morgan fingerprint density at radius 1 is 0.325 bits per heavy atom. The number of aromatic nitrogens is 6. The Bertz CT molecular complexity index is 4080. The van der Waals surface area contributed by atoms with Crippen LogP contribution in [0.3, 0.4) is 0 Å². The lowest BCUT2D eigenvalue weighted by molar-refractivity contribution is 0.504. The molecule has 13 aromatic rings. The molecule has 0 radical (unpaired) electrons. The summed E-state index contributed by atoms with van der Waals surface area (Å²) in [5.74, 6) is 5.89. The van der Waals surface area contributed by atoms with Crippen LogP contribution in [-0.4, -0.2) is 49.5 Å². The second-order valence-corrected chi connectivity index (χ2v) is 19.8. The van der Waals surface area contributed by atoms with Gasteiger partial charge in [0.1, 0.15) is 59.5 Å². The molecule has 0 amide bonds. The van der Waals surface area contributed by atoms with Crippen molar-refractivity contribution < 1.29 is 17.7 Å². The maximum atomic E-state index is 6.24. The Balaban J connectivity index is 0.000000131. The van der Waals surface area contributed by atoms with Crippen LogP contribution in [-0.2, 0) is 6.42 Å². The van der Waals surface area contributed by atoms with E-state index in [1.165, 1.54) is 12.8 Å². The lowest BCUT2D eigenvalue weighted by Crippen LogP contribution is -2.05. The van der Waals surface area contributed by atoms with Gasteiger partial charge in [-0.1, -0.05) is 215 Å². The number of hydrogen-bond donors (Lipinski definition) is 3. The summed E-state index contributed by atoms with van der Waals surface area (Å²) in [4.78, 5) is 26.7. The molecule has 0 unspecified atom stereocenters. The number of nitrogens with zero attached hydrogens (tertiary/aromatic N) is 6. The first-order valence-corrected chi connectivity index (χ1v) is 28.6. The van der Waals surface area contributed by atoms with Crippen molar-refractivity contribution in [1.29, 1.82) is 0 Å². The maximum Gasteiger partial charge on any atom is 0.232 e. The van der Waals surface area contributed by atoms with Crippen molar-refractivity contribution in [2.24, 2.45) is 0 Å². The van der Waals surface area contributed by atoms with Gasteiger partial charge in [0.05, 0.1) is 22.4 Å². The molecule has 0 spiro atoms. The van der Waals surface area contributed by atoms with Gasteiger partial charge in [0.25, 0.3) is 0 Å². The van der Waals surface area contributed by atoms with E-state index in [1.807, 2.05) is 133 Å². The minimum atomic E-state index is 0.580. The molecular formula is C70H65N9O4. The zero-order chi connectivity index (χ0) is 56.4. The predicted molar refractivity (Wildman–Crippen MR) is 335 cm³/mol. The van der Waals surface area contributed by atoms with Gasteiger partial charge in [0.15, 0.2) is 0 Å². The maximum absolute atomic E-state index is 6.24. The third-order valence-electron chi connectivity index (χ3n) is 14.1. The van der Waals surface area contributed by atoms with E-state index < -0.39 is 0 Å². The summed E-state index contributed by atoms with van der Waals surface area (Å²) in [6.45, 7) is 6.92. The number of nitrogens with one attached hydrogen (secondary N) is 3. The molecule has 0 atom stereocenters. The van der Waals surface area contributed by atoms with E-state index >= 15 is 0 Å². The van der Waals surface area contributed by atoms with Gasteiger partial charge in [-0.25, -0.2) is 29.9 Å². The zero-order valence-corrected chi connectivity index (χ0v) is 46.7. The van der Waals surface area contributed by atoms with Gasteiger partial charge < -0.3 is 33.6 Å². The smallest absolute Gasteiger partial charge is 0.232 e. The quantitative estimate of drug-likeness (QED) is 0.0618. The number of aryl methyl sites for hydroxylation is 1. The molecule has 0 saturated carbocycles. The van der Waals surface area contributed by atoms with E-state index in [0.29, 0.717) is 17.1 Å². The monoisotopic (exact) mass is 1100 g/mol. The first-order valence-electron chi connectivity index (χ1n) is 28.6. The minimum Gasteiger partial charge on any atom is -0.469 e. The highest BCUT2D eigenvalue weighted by atomic mass is 16.4. The van der Waals surface area contributed by atoms with Crippen LogP contribution in [0.2, 0.25) is 0 Å². The summed E-state index contributed by atoms with van der Waals surface area (Å²) in [6, 6.07) is 65.2. The molecule has 0 aliphatic heterocycles. The second kappa shape index (κ2) is 27.3. The number of unbranched alkanes of at least 4 members (excludes halogenated alkanes) is 3. The van der Waals surface area contributed by atoms with Gasteiger partial charge >= 0.3 is 0 Å². The normalized spacial score (nSPS) is 11.0. The van der Waals surface area contributed by atoms with Crippen LogP contribution in [0.4, 0.5) is 17.5 Å². The molecule has 0 aliphatic carbocycles. The third kappa shape index (κ3) is 12.9. The van der Waals surface area contributed by atoms with Crippen LogP contribution in [0.5, 0.6) is 0 Å². The van der Waals surface area contributed by atoms with E-state index in [1.54, 1.807) is 25.2 Å². The van der Waals surface area contributed by atoms with Crippen LogP contribution in [0.15, 0.2) is 237 Å². The Morgan fingerprint density at radius 2 is 0.651 bits per heavy atom. The van der Waals surface area contributed by atoms with Crippen molar-refractivity contribution in [3.63, 3.8) is 0 Å². The number of hydrogen-bond acceptors (Lipinski definition) is 13. The van der Waals surface area contributed by atoms with Crippen molar-refractivity contribution >= 4 is 50.8 Å². The Kier molecular flexibility index (Phi) is 18.1. The molecule has 13 nitrogen and oxygen atoms in total. The number of rotatable bonds is 20. The fourth-order valence-electron chi connectivity index (χ4n) is 10.1. The first kappa shape index (κ1) is 54.8. The molecule has 0 bridgehead atoms. The molecule has 3 N–H and O–H groups in total. The number of furan rings is 4. The van der Waals surface area contributed by atoms with Crippen molar-refractivity contribution in [1.82, 2.24) is 29.9 Å². The van der Waals surface area contributed by atoms with E-state index in [9.17, 15) is 0 Å². The molecule has 414 valence electrons. The summed E-state index contributed by atoms with van der Waals surface area (Å²) in [5.41, 5.74) is 11.2. The molecule has 13 heteroatoms. The van der Waals surface area contributed by atoms with Crippen LogP contribution < -0.4 is 16.0 Å². The second-order valence-electron chi connectivity index (χ2n) is 19.8. The van der Waals surface area contributed by atoms with Gasteiger partial charge in [-0.05, 0) is 48.1 Å². The van der Waals surface area contributed by atoms with Crippen molar-refractivity contribution in [2.45, 2.75) is 58.8 Å². The molecule has 0 saturated heterocycles. The summed E-state index contributed by atoms with van der Waals surface area (Å²) in [6.07, 6.45) is 13.9. The Hall–Kier alpha value is -10.1. The Labute approximate surface area is 483 Å². The highest BCUT2D eigenvalue weighted by Gasteiger charge is 2.25. The van der Waals surface area contributed by atoms with Gasteiger partial charge in [-0.2, -0.15) is 0 Å². The van der Waals surface area contributed by atoms with E-state index in [0.717, 1.165) is 158 Å². The van der Waals surface area contributed by atoms with Crippen molar-refractivity contribution in [3.8, 4) is 67.4 Å². The highest BCUT2D eigenvalue weighted by Crippen LogP contribution is 2.45. The molecule has 7 aromatic heterocycles. The number of benzene rings is 6. The lowest BCUT2D eigenvalue weighted by Gasteiger charge is -2.08. The largest absolute Gasteiger partial charge is 0.469 e. The molecule has 83 heavy (non-hydrogen) atoms. The summed E-state index contributed by atoms with van der Waals surface area (Å²) >= 11 is 0. The van der Waals surface area contributed by atoms with E-state index in [2.05, 4.69) is 120 Å². The van der Waals surface area contributed by atoms with Gasteiger partial charge in [-0.3, -0.25) is 0 Å². The van der Waals surface area contributed by atoms with Crippen LogP contribution in [0.25, 0.3) is 101 Å². The third-order valence-corrected chi connectivity index (χ3v) is 14.1. The molecule has 6 aromatic carbocycles. The van der Waals surface area contributed by atoms with Crippen molar-refractivity contribution in [2.75, 3.05) is 35.6 Å². The number of fused-ring (bicyclic) bond motifs is 3. The van der Waals surface area contributed by atoms with Gasteiger partial charge in [-0.15, -0.1) is 0 Å².